The number of urea groups is 1. The zero-order valence-electron chi connectivity index (χ0n) is 15.8. The molecule has 4 rings (SSSR count). The summed E-state index contributed by atoms with van der Waals surface area (Å²) in [6.45, 7) is 3.43. The molecule has 2 aromatic carbocycles. The second-order valence-electron chi connectivity index (χ2n) is 7.84. The molecule has 5 heteroatoms. The molecule has 142 valence electrons. The van der Waals surface area contributed by atoms with Gasteiger partial charge in [0.15, 0.2) is 0 Å². The summed E-state index contributed by atoms with van der Waals surface area (Å²) in [5, 5.41) is 14.2. The number of aryl methyl sites for hydroxylation is 1. The molecule has 5 nitrogen and oxygen atoms in total. The first kappa shape index (κ1) is 17.9. The van der Waals surface area contributed by atoms with Crippen LogP contribution >= 0.6 is 0 Å². The number of carbonyl (C=O) groups is 1. The highest BCUT2D eigenvalue weighted by atomic mass is 16.5. The Balaban J connectivity index is 1.41. The summed E-state index contributed by atoms with van der Waals surface area (Å²) in [4.78, 5) is 14.5. The maximum absolute atomic E-state index is 12.6. The number of nitrogens with zero attached hydrogens (tertiary/aromatic N) is 1. The van der Waals surface area contributed by atoms with E-state index in [4.69, 9.17) is 4.74 Å². The molecule has 1 aliphatic heterocycles. The summed E-state index contributed by atoms with van der Waals surface area (Å²) in [5.74, 6) is 1.39. The van der Waals surface area contributed by atoms with Crippen LogP contribution in [0.1, 0.15) is 24.0 Å². The molecular formula is C22H26N2O3. The topological polar surface area (TPSA) is 61.8 Å². The molecule has 2 aromatic rings. The van der Waals surface area contributed by atoms with Gasteiger partial charge in [-0.1, -0.05) is 30.3 Å². The van der Waals surface area contributed by atoms with E-state index in [2.05, 4.69) is 18.3 Å². The molecule has 1 aliphatic carbocycles. The van der Waals surface area contributed by atoms with Crippen molar-refractivity contribution in [2.75, 3.05) is 25.5 Å². The van der Waals surface area contributed by atoms with Gasteiger partial charge in [-0.25, -0.2) is 4.79 Å². The molecule has 2 fully saturated rings. The number of nitrogens with one attached hydrogen (secondary N) is 1. The van der Waals surface area contributed by atoms with Crippen LogP contribution in [0, 0.1) is 18.8 Å². The van der Waals surface area contributed by atoms with Gasteiger partial charge in [0.1, 0.15) is 5.75 Å². The van der Waals surface area contributed by atoms with Crippen LogP contribution in [0.3, 0.4) is 0 Å². The maximum Gasteiger partial charge on any atom is 0.321 e. The van der Waals surface area contributed by atoms with Crippen LogP contribution < -0.4 is 10.1 Å². The Morgan fingerprint density at radius 2 is 1.85 bits per heavy atom. The highest BCUT2D eigenvalue weighted by molar-refractivity contribution is 5.89. The molecule has 1 saturated carbocycles. The Morgan fingerprint density at radius 3 is 2.52 bits per heavy atom. The van der Waals surface area contributed by atoms with Crippen LogP contribution in [0.25, 0.3) is 0 Å². The van der Waals surface area contributed by atoms with Crippen LogP contribution in [0.15, 0.2) is 48.5 Å². The minimum atomic E-state index is -0.768. The van der Waals surface area contributed by atoms with Crippen molar-refractivity contribution in [1.82, 2.24) is 4.90 Å². The highest BCUT2D eigenvalue weighted by Gasteiger charge is 2.50. The molecule has 2 unspecified atom stereocenters. The number of likely N-dealkylation sites (tertiary alicyclic amines) is 1. The highest BCUT2D eigenvalue weighted by Crippen LogP contribution is 2.49. The Hall–Kier alpha value is -2.53. The molecular weight excluding hydrogens is 340 g/mol. The molecule has 1 heterocycles. The third-order valence-electron chi connectivity index (χ3n) is 6.03. The number of hydrogen-bond donors (Lipinski definition) is 2. The Kier molecular flexibility index (Phi) is 4.56. The maximum atomic E-state index is 12.6. The number of hydrogen-bond acceptors (Lipinski definition) is 3. The van der Waals surface area contributed by atoms with Crippen molar-refractivity contribution in [3.05, 3.63) is 59.7 Å². The fourth-order valence-corrected chi connectivity index (χ4v) is 4.74. The first-order chi connectivity index (χ1) is 13.0. The lowest BCUT2D eigenvalue weighted by Crippen LogP contribution is -2.35. The van der Waals surface area contributed by atoms with Crippen molar-refractivity contribution in [3.8, 4) is 5.75 Å². The van der Waals surface area contributed by atoms with E-state index >= 15 is 0 Å². The molecule has 0 spiro atoms. The van der Waals surface area contributed by atoms with E-state index in [1.54, 1.807) is 7.11 Å². The predicted octanol–water partition coefficient (Wildman–Crippen LogP) is 3.77. The van der Waals surface area contributed by atoms with Crippen molar-refractivity contribution in [1.29, 1.82) is 0 Å². The minimum absolute atomic E-state index is 0.0860. The van der Waals surface area contributed by atoms with Crippen LogP contribution in [-0.2, 0) is 5.60 Å². The van der Waals surface area contributed by atoms with Crippen molar-refractivity contribution < 1.29 is 14.6 Å². The zero-order valence-corrected chi connectivity index (χ0v) is 15.8. The number of anilines is 1. The Bertz CT molecular complexity index is 837. The summed E-state index contributed by atoms with van der Waals surface area (Å²) in [6, 6.07) is 15.4. The van der Waals surface area contributed by atoms with E-state index in [0.29, 0.717) is 37.8 Å². The average molecular weight is 366 g/mol. The first-order valence-corrected chi connectivity index (χ1v) is 9.47. The number of fused-ring (bicyclic) bond motifs is 1. The molecule has 0 bridgehead atoms. The number of aliphatic hydroxyl groups is 1. The van der Waals surface area contributed by atoms with E-state index in [0.717, 1.165) is 22.6 Å². The molecule has 27 heavy (non-hydrogen) atoms. The van der Waals surface area contributed by atoms with Gasteiger partial charge in [0.25, 0.3) is 0 Å². The van der Waals surface area contributed by atoms with Crippen LogP contribution in [0.2, 0.25) is 0 Å². The number of amides is 2. The summed E-state index contributed by atoms with van der Waals surface area (Å²) in [5.41, 5.74) is 2.13. The fourth-order valence-electron chi connectivity index (χ4n) is 4.74. The van der Waals surface area contributed by atoms with E-state index in [-0.39, 0.29) is 6.03 Å². The summed E-state index contributed by atoms with van der Waals surface area (Å²) in [7, 11) is 1.61. The van der Waals surface area contributed by atoms with Gasteiger partial charge in [0.05, 0.1) is 12.7 Å². The third-order valence-corrected chi connectivity index (χ3v) is 6.03. The monoisotopic (exact) mass is 366 g/mol. The van der Waals surface area contributed by atoms with E-state index in [1.165, 1.54) is 0 Å². The lowest BCUT2D eigenvalue weighted by molar-refractivity contribution is 0.0322. The quantitative estimate of drug-likeness (QED) is 0.869. The molecule has 1 saturated heterocycles. The van der Waals surface area contributed by atoms with Gasteiger partial charge in [-0.3, -0.25) is 0 Å². The van der Waals surface area contributed by atoms with Crippen molar-refractivity contribution in [2.24, 2.45) is 11.8 Å². The third kappa shape index (κ3) is 3.39. The van der Waals surface area contributed by atoms with Gasteiger partial charge < -0.3 is 20.1 Å². The molecule has 0 radical (unpaired) electrons. The zero-order chi connectivity index (χ0) is 19.0. The van der Waals surface area contributed by atoms with Crippen LogP contribution in [0.5, 0.6) is 5.75 Å². The second kappa shape index (κ2) is 6.89. The number of rotatable bonds is 3. The van der Waals surface area contributed by atoms with Gasteiger partial charge >= 0.3 is 6.03 Å². The molecule has 2 N–H and O–H groups in total. The molecule has 0 aromatic heterocycles. The van der Waals surface area contributed by atoms with Crippen molar-refractivity contribution in [2.45, 2.75) is 25.4 Å². The summed E-state index contributed by atoms with van der Waals surface area (Å²) < 4.78 is 5.20. The Labute approximate surface area is 160 Å². The number of methoxy groups -OCH3 is 1. The van der Waals surface area contributed by atoms with E-state index < -0.39 is 5.60 Å². The smallest absolute Gasteiger partial charge is 0.321 e. The second-order valence-corrected chi connectivity index (χ2v) is 7.84. The summed E-state index contributed by atoms with van der Waals surface area (Å²) >= 11 is 0. The average Bonchev–Trinajstić information content (AvgIpc) is 3.18. The molecule has 2 atom stereocenters. The fraction of sp³-hybridized carbons (Fsp3) is 0.409. The SMILES string of the molecule is COc1cccc(NC(=O)N2CC3CC(O)(c4ccccc4C)CC3C2)c1. The van der Waals surface area contributed by atoms with Gasteiger partial charge in [0.2, 0.25) is 0 Å². The van der Waals surface area contributed by atoms with Gasteiger partial charge in [-0.2, -0.15) is 0 Å². The molecule has 2 amide bonds. The van der Waals surface area contributed by atoms with Gasteiger partial charge in [-0.15, -0.1) is 0 Å². The lowest BCUT2D eigenvalue weighted by Gasteiger charge is -2.28. The van der Waals surface area contributed by atoms with Crippen molar-refractivity contribution in [3.63, 3.8) is 0 Å². The van der Waals surface area contributed by atoms with Crippen molar-refractivity contribution >= 4 is 11.7 Å². The largest absolute Gasteiger partial charge is 0.497 e. The Morgan fingerprint density at radius 1 is 1.15 bits per heavy atom. The van der Waals surface area contributed by atoms with Gasteiger partial charge in [0, 0.05) is 24.8 Å². The first-order valence-electron chi connectivity index (χ1n) is 9.47. The standard InChI is InChI=1S/C22H26N2O3/c1-15-6-3-4-9-20(15)22(26)11-16-13-24(14-17(16)12-22)21(25)23-18-7-5-8-19(10-18)27-2/h3-10,16-17,26H,11-14H2,1-2H3,(H,23,25). The normalized spacial score (nSPS) is 26.7. The lowest BCUT2D eigenvalue weighted by atomic mass is 9.87. The van der Waals surface area contributed by atoms with E-state index in [9.17, 15) is 9.90 Å². The summed E-state index contributed by atoms with van der Waals surface area (Å²) in [6.07, 6.45) is 1.43. The van der Waals surface area contributed by atoms with Crippen LogP contribution in [-0.4, -0.2) is 36.2 Å². The van der Waals surface area contributed by atoms with Gasteiger partial charge in [-0.05, 0) is 54.9 Å². The van der Waals surface area contributed by atoms with E-state index in [1.807, 2.05) is 47.4 Å². The number of benzene rings is 2. The minimum Gasteiger partial charge on any atom is -0.497 e. The predicted molar refractivity (Wildman–Crippen MR) is 105 cm³/mol. The number of carbonyl (C=O) groups excluding carboxylic acids is 1. The molecule has 2 aliphatic rings. The van der Waals surface area contributed by atoms with Crippen LogP contribution in [0.4, 0.5) is 10.5 Å². The number of ether oxygens (including phenoxy) is 1.